The molecule has 1 aromatic carbocycles. The van der Waals surface area contributed by atoms with E-state index in [9.17, 15) is 0 Å². The molecule has 1 heterocycles. The number of hydrogen-bond acceptors (Lipinski definition) is 7. The summed E-state index contributed by atoms with van der Waals surface area (Å²) in [6.45, 7) is 4.97. The number of nitrogen functional groups attached to an aromatic ring is 1. The van der Waals surface area contributed by atoms with Crippen LogP contribution >= 0.6 is 0 Å². The molecular weight excluding hydrogens is 260 g/mol. The predicted molar refractivity (Wildman–Crippen MR) is 74.0 cm³/mol. The lowest BCUT2D eigenvalue weighted by Crippen LogP contribution is -2.01. The lowest BCUT2D eigenvalue weighted by Gasteiger charge is -2.10. The zero-order valence-corrected chi connectivity index (χ0v) is 11.4. The summed E-state index contributed by atoms with van der Waals surface area (Å²) in [4.78, 5) is 1.14. The summed E-state index contributed by atoms with van der Waals surface area (Å²) in [6.07, 6.45) is 1.59. The highest BCUT2D eigenvalue weighted by atomic mass is 16.5. The molecule has 2 N–H and O–H groups in total. The molecule has 0 saturated carbocycles. The molecule has 0 aliphatic heterocycles. The van der Waals surface area contributed by atoms with Gasteiger partial charge in [-0.3, -0.25) is 0 Å². The van der Waals surface area contributed by atoms with Gasteiger partial charge >= 0.3 is 0 Å². The van der Waals surface area contributed by atoms with E-state index >= 15 is 0 Å². The molecule has 0 spiro atoms. The second kappa shape index (κ2) is 6.50. The van der Waals surface area contributed by atoms with Crippen molar-refractivity contribution in [3.63, 3.8) is 0 Å². The van der Waals surface area contributed by atoms with Crippen LogP contribution in [0.1, 0.15) is 19.4 Å². The SMILES string of the molecule is CCOc1ccc(/C=N/n2nnnc2N)cc1OCC. The highest BCUT2D eigenvalue weighted by molar-refractivity contribution is 5.80. The second-order valence-corrected chi connectivity index (χ2v) is 3.74. The number of benzene rings is 1. The summed E-state index contributed by atoms with van der Waals surface area (Å²) in [6, 6.07) is 5.52. The van der Waals surface area contributed by atoms with Crippen molar-refractivity contribution in [2.24, 2.45) is 5.10 Å². The number of rotatable bonds is 6. The van der Waals surface area contributed by atoms with Gasteiger partial charge in [-0.15, -0.1) is 0 Å². The van der Waals surface area contributed by atoms with Crippen molar-refractivity contribution < 1.29 is 9.47 Å². The van der Waals surface area contributed by atoms with Crippen LogP contribution in [0.25, 0.3) is 0 Å². The molecule has 0 atom stereocenters. The van der Waals surface area contributed by atoms with Crippen molar-refractivity contribution in [3.05, 3.63) is 23.8 Å². The van der Waals surface area contributed by atoms with Gasteiger partial charge < -0.3 is 15.2 Å². The zero-order valence-electron chi connectivity index (χ0n) is 11.4. The molecule has 8 nitrogen and oxygen atoms in total. The number of nitrogens with two attached hydrogens (primary N) is 1. The average Bonchev–Trinajstić information content (AvgIpc) is 2.85. The lowest BCUT2D eigenvalue weighted by molar-refractivity contribution is 0.288. The third-order valence-corrected chi connectivity index (χ3v) is 2.36. The fourth-order valence-electron chi connectivity index (χ4n) is 1.54. The summed E-state index contributed by atoms with van der Waals surface area (Å²) < 4.78 is 11.0. The first-order valence-electron chi connectivity index (χ1n) is 6.22. The Hall–Kier alpha value is -2.64. The molecule has 0 unspecified atom stereocenters. The van der Waals surface area contributed by atoms with Gasteiger partial charge in [0.05, 0.1) is 19.4 Å². The Morgan fingerprint density at radius 2 is 2.00 bits per heavy atom. The summed E-state index contributed by atoms with van der Waals surface area (Å²) in [5, 5.41) is 14.6. The van der Waals surface area contributed by atoms with E-state index in [1.165, 1.54) is 0 Å². The molecule has 2 aromatic rings. The van der Waals surface area contributed by atoms with Crippen molar-refractivity contribution in [3.8, 4) is 11.5 Å². The normalized spacial score (nSPS) is 10.9. The van der Waals surface area contributed by atoms with Gasteiger partial charge in [-0.1, -0.05) is 9.89 Å². The number of nitrogens with zero attached hydrogens (tertiary/aromatic N) is 5. The Morgan fingerprint density at radius 3 is 2.65 bits per heavy atom. The molecule has 1 aromatic heterocycles. The summed E-state index contributed by atoms with van der Waals surface area (Å²) in [7, 11) is 0. The minimum Gasteiger partial charge on any atom is -0.490 e. The molecule has 0 amide bonds. The van der Waals surface area contributed by atoms with Crippen LogP contribution in [0.15, 0.2) is 23.3 Å². The molecule has 0 fully saturated rings. The van der Waals surface area contributed by atoms with Crippen LogP contribution in [0.3, 0.4) is 0 Å². The molecule has 106 valence electrons. The van der Waals surface area contributed by atoms with E-state index in [2.05, 4.69) is 20.6 Å². The molecule has 0 saturated heterocycles. The second-order valence-electron chi connectivity index (χ2n) is 3.74. The highest BCUT2D eigenvalue weighted by Gasteiger charge is 2.05. The fraction of sp³-hybridized carbons (Fsp3) is 0.333. The first kappa shape index (κ1) is 13.8. The molecule has 8 heteroatoms. The van der Waals surface area contributed by atoms with E-state index in [0.29, 0.717) is 24.7 Å². The van der Waals surface area contributed by atoms with Crippen LogP contribution in [-0.4, -0.2) is 39.7 Å². The van der Waals surface area contributed by atoms with Crippen molar-refractivity contribution in [1.29, 1.82) is 0 Å². The molecule has 0 aliphatic rings. The van der Waals surface area contributed by atoms with Crippen molar-refractivity contribution >= 4 is 12.2 Å². The van der Waals surface area contributed by atoms with Gasteiger partial charge in [0.2, 0.25) is 0 Å². The number of anilines is 1. The molecule has 20 heavy (non-hydrogen) atoms. The Bertz CT molecular complexity index is 595. The number of hydrogen-bond donors (Lipinski definition) is 1. The minimum atomic E-state index is 0.122. The van der Waals surface area contributed by atoms with Gasteiger partial charge in [-0.05, 0) is 48.0 Å². The number of ether oxygens (including phenoxy) is 2. The Kier molecular flexibility index (Phi) is 4.48. The smallest absolute Gasteiger partial charge is 0.263 e. The predicted octanol–water partition coefficient (Wildman–Crippen LogP) is 0.935. The molecule has 0 bridgehead atoms. The molecule has 0 radical (unpaired) electrons. The first-order chi connectivity index (χ1) is 9.74. The van der Waals surface area contributed by atoms with Gasteiger partial charge in [0.25, 0.3) is 5.95 Å². The third-order valence-electron chi connectivity index (χ3n) is 2.36. The van der Waals surface area contributed by atoms with Crippen LogP contribution in [0.4, 0.5) is 5.95 Å². The third kappa shape index (κ3) is 3.22. The van der Waals surface area contributed by atoms with E-state index in [0.717, 1.165) is 10.4 Å². The van der Waals surface area contributed by atoms with Crippen LogP contribution in [0.2, 0.25) is 0 Å². The maximum absolute atomic E-state index is 5.53. The van der Waals surface area contributed by atoms with E-state index in [4.69, 9.17) is 15.2 Å². The van der Waals surface area contributed by atoms with Crippen LogP contribution in [0, 0.1) is 0 Å². The average molecular weight is 276 g/mol. The molecular formula is C12H16N6O2. The monoisotopic (exact) mass is 276 g/mol. The van der Waals surface area contributed by atoms with Crippen LogP contribution in [-0.2, 0) is 0 Å². The largest absolute Gasteiger partial charge is 0.490 e. The maximum atomic E-state index is 5.53. The van der Waals surface area contributed by atoms with Gasteiger partial charge in [0.15, 0.2) is 11.5 Å². The highest BCUT2D eigenvalue weighted by Crippen LogP contribution is 2.27. The van der Waals surface area contributed by atoms with Crippen molar-refractivity contribution in [2.75, 3.05) is 18.9 Å². The van der Waals surface area contributed by atoms with E-state index in [1.807, 2.05) is 32.0 Å². The van der Waals surface area contributed by atoms with Crippen molar-refractivity contribution in [2.45, 2.75) is 13.8 Å². The van der Waals surface area contributed by atoms with Crippen LogP contribution in [0.5, 0.6) is 11.5 Å². The lowest BCUT2D eigenvalue weighted by atomic mass is 10.2. The summed E-state index contributed by atoms with van der Waals surface area (Å²) in [5.41, 5.74) is 6.34. The van der Waals surface area contributed by atoms with Crippen LogP contribution < -0.4 is 15.2 Å². The molecule has 2 rings (SSSR count). The van der Waals surface area contributed by atoms with E-state index in [1.54, 1.807) is 6.21 Å². The fourth-order valence-corrected chi connectivity index (χ4v) is 1.54. The van der Waals surface area contributed by atoms with Gasteiger partial charge in [0, 0.05) is 0 Å². The topological polar surface area (TPSA) is 100 Å². The van der Waals surface area contributed by atoms with Crippen molar-refractivity contribution in [1.82, 2.24) is 20.3 Å². The Balaban J connectivity index is 2.22. The zero-order chi connectivity index (χ0) is 14.4. The Morgan fingerprint density at radius 1 is 1.25 bits per heavy atom. The first-order valence-corrected chi connectivity index (χ1v) is 6.22. The Labute approximate surface area is 116 Å². The van der Waals surface area contributed by atoms with Gasteiger partial charge in [-0.25, -0.2) is 0 Å². The quantitative estimate of drug-likeness (QED) is 0.788. The summed E-state index contributed by atoms with van der Waals surface area (Å²) >= 11 is 0. The summed E-state index contributed by atoms with van der Waals surface area (Å²) in [5.74, 6) is 1.49. The maximum Gasteiger partial charge on any atom is 0.263 e. The number of tetrazole rings is 1. The van der Waals surface area contributed by atoms with E-state index < -0.39 is 0 Å². The minimum absolute atomic E-state index is 0.122. The molecule has 0 aliphatic carbocycles. The standard InChI is InChI=1S/C12H16N6O2/c1-3-19-10-6-5-9(7-11(10)20-4-2)8-14-18-12(13)15-16-17-18/h5-8H,3-4H2,1-2H3,(H2,13,15,17)/b14-8+. The van der Waals surface area contributed by atoms with Gasteiger partial charge in [-0.2, -0.15) is 5.10 Å². The number of aromatic nitrogens is 4. The van der Waals surface area contributed by atoms with Gasteiger partial charge in [0.1, 0.15) is 0 Å². The van der Waals surface area contributed by atoms with E-state index in [-0.39, 0.29) is 5.95 Å².